The molecule has 0 radical (unpaired) electrons. The monoisotopic (exact) mass is 130 g/mol. The van der Waals surface area contributed by atoms with E-state index in [2.05, 4.69) is 31.2 Å². The van der Waals surface area contributed by atoms with Crippen LogP contribution in [0.15, 0.2) is 24.3 Å². The van der Waals surface area contributed by atoms with Crippen LogP contribution >= 0.6 is 0 Å². The summed E-state index contributed by atoms with van der Waals surface area (Å²) in [5.74, 6) is 0. The lowest BCUT2D eigenvalue weighted by Gasteiger charge is -1.99. The molecule has 1 fully saturated rings. The summed E-state index contributed by atoms with van der Waals surface area (Å²) in [7, 11) is 0. The largest absolute Gasteiger partial charge is 0.174 e. The zero-order chi connectivity index (χ0) is 6.97. The van der Waals surface area contributed by atoms with E-state index in [1.165, 1.54) is 18.2 Å². The SMILES string of the molecule is Cc1ccccc1B1CC1. The summed E-state index contributed by atoms with van der Waals surface area (Å²) in [6, 6.07) is 8.71. The van der Waals surface area contributed by atoms with Crippen LogP contribution in [0.1, 0.15) is 5.56 Å². The molecule has 50 valence electrons. The fourth-order valence-corrected chi connectivity index (χ4v) is 1.44. The maximum Gasteiger partial charge on any atom is 0.174 e. The Balaban J connectivity index is 2.39. The van der Waals surface area contributed by atoms with E-state index in [1.807, 2.05) is 0 Å². The number of hydrogen-bond donors (Lipinski definition) is 0. The first-order valence-electron chi connectivity index (χ1n) is 3.93. The Morgan fingerprint density at radius 1 is 1.20 bits per heavy atom. The van der Waals surface area contributed by atoms with E-state index < -0.39 is 0 Å². The second-order valence-corrected chi connectivity index (χ2v) is 3.13. The van der Waals surface area contributed by atoms with Gasteiger partial charge in [-0.2, -0.15) is 0 Å². The molecule has 1 heteroatoms. The summed E-state index contributed by atoms with van der Waals surface area (Å²) in [5, 5.41) is 0. The Kier molecular flexibility index (Phi) is 1.30. The molecule has 1 aromatic carbocycles. The lowest BCUT2D eigenvalue weighted by molar-refractivity contribution is 1.51. The van der Waals surface area contributed by atoms with Gasteiger partial charge in [0, 0.05) is 0 Å². The Morgan fingerprint density at radius 3 is 2.50 bits per heavy atom. The van der Waals surface area contributed by atoms with Crippen LogP contribution in [0, 0.1) is 6.92 Å². The highest BCUT2D eigenvalue weighted by molar-refractivity contribution is 6.82. The van der Waals surface area contributed by atoms with Gasteiger partial charge in [-0.25, -0.2) is 0 Å². The molecule has 0 bridgehead atoms. The Bertz CT molecular complexity index is 238. The van der Waals surface area contributed by atoms with Gasteiger partial charge in [-0.05, 0) is 6.92 Å². The third-order valence-corrected chi connectivity index (χ3v) is 2.21. The molecule has 1 aromatic rings. The molecule has 0 saturated carbocycles. The fraction of sp³-hybridized carbons (Fsp3) is 0.333. The van der Waals surface area contributed by atoms with Crippen molar-refractivity contribution in [1.29, 1.82) is 0 Å². The van der Waals surface area contributed by atoms with Gasteiger partial charge in [-0.1, -0.05) is 47.9 Å². The average Bonchev–Trinajstić information content (AvgIpc) is 2.71. The van der Waals surface area contributed by atoms with E-state index in [0.717, 1.165) is 6.71 Å². The third-order valence-electron chi connectivity index (χ3n) is 2.21. The lowest BCUT2D eigenvalue weighted by Crippen LogP contribution is -2.17. The van der Waals surface area contributed by atoms with Crippen LogP contribution in [-0.4, -0.2) is 6.71 Å². The van der Waals surface area contributed by atoms with Gasteiger partial charge in [0.25, 0.3) is 0 Å². The molecule has 1 aliphatic rings. The van der Waals surface area contributed by atoms with Gasteiger partial charge in [0.1, 0.15) is 0 Å². The van der Waals surface area contributed by atoms with E-state index in [9.17, 15) is 0 Å². The maximum atomic E-state index is 2.26. The molecule has 0 aromatic heterocycles. The molecule has 0 atom stereocenters. The number of aryl methyl sites for hydroxylation is 1. The van der Waals surface area contributed by atoms with E-state index in [0.29, 0.717) is 0 Å². The van der Waals surface area contributed by atoms with Crippen molar-refractivity contribution in [3.63, 3.8) is 0 Å². The van der Waals surface area contributed by atoms with Crippen LogP contribution in [0.3, 0.4) is 0 Å². The van der Waals surface area contributed by atoms with Crippen molar-refractivity contribution in [2.75, 3.05) is 0 Å². The summed E-state index contributed by atoms with van der Waals surface area (Å²) >= 11 is 0. The molecular formula is C9H11B. The van der Waals surface area contributed by atoms with Crippen molar-refractivity contribution in [1.82, 2.24) is 0 Å². The highest BCUT2D eigenvalue weighted by Crippen LogP contribution is 2.21. The highest BCUT2D eigenvalue weighted by Gasteiger charge is 2.28. The second kappa shape index (κ2) is 2.15. The van der Waals surface area contributed by atoms with Gasteiger partial charge in [0.2, 0.25) is 0 Å². The standard InChI is InChI=1S/C9H11B/c1-8-4-2-3-5-9(8)10-6-7-10/h2-5H,6-7H2,1H3. The third kappa shape index (κ3) is 0.963. The lowest BCUT2D eigenvalue weighted by atomic mass is 9.62. The van der Waals surface area contributed by atoms with Gasteiger partial charge in [-0.15, -0.1) is 0 Å². The van der Waals surface area contributed by atoms with Crippen molar-refractivity contribution in [3.05, 3.63) is 29.8 Å². The summed E-state index contributed by atoms with van der Waals surface area (Å²) in [6.45, 7) is 3.11. The van der Waals surface area contributed by atoms with Crippen LogP contribution in [0.2, 0.25) is 12.6 Å². The molecule has 0 aliphatic carbocycles. The minimum atomic E-state index is 0.904. The van der Waals surface area contributed by atoms with Gasteiger partial charge in [-0.3, -0.25) is 0 Å². The topological polar surface area (TPSA) is 0 Å². The summed E-state index contributed by atoms with van der Waals surface area (Å²) in [6.07, 6.45) is 2.82. The molecule has 0 unspecified atom stereocenters. The van der Waals surface area contributed by atoms with Crippen molar-refractivity contribution in [3.8, 4) is 0 Å². The zero-order valence-electron chi connectivity index (χ0n) is 6.30. The molecule has 1 saturated heterocycles. The summed E-state index contributed by atoms with van der Waals surface area (Å²) in [4.78, 5) is 0. The smallest absolute Gasteiger partial charge is 0.0773 e. The fourth-order valence-electron chi connectivity index (χ4n) is 1.44. The van der Waals surface area contributed by atoms with Crippen LogP contribution in [0.5, 0.6) is 0 Å². The highest BCUT2D eigenvalue weighted by atomic mass is 14.0. The molecule has 0 nitrogen and oxygen atoms in total. The first kappa shape index (κ1) is 6.02. The maximum absolute atomic E-state index is 2.26. The molecule has 0 spiro atoms. The van der Waals surface area contributed by atoms with Gasteiger partial charge < -0.3 is 0 Å². The number of benzene rings is 1. The molecule has 1 aliphatic heterocycles. The van der Waals surface area contributed by atoms with Crippen molar-refractivity contribution in [2.45, 2.75) is 19.6 Å². The van der Waals surface area contributed by atoms with E-state index >= 15 is 0 Å². The van der Waals surface area contributed by atoms with E-state index in [-0.39, 0.29) is 0 Å². The molecule has 10 heavy (non-hydrogen) atoms. The van der Waals surface area contributed by atoms with Crippen molar-refractivity contribution >= 4 is 12.2 Å². The molecule has 2 rings (SSSR count). The van der Waals surface area contributed by atoms with Crippen molar-refractivity contribution < 1.29 is 0 Å². The number of hydrogen-bond acceptors (Lipinski definition) is 0. The Labute approximate surface area is 62.3 Å². The molecule has 1 heterocycles. The van der Waals surface area contributed by atoms with Crippen LogP contribution in [0.4, 0.5) is 0 Å². The van der Waals surface area contributed by atoms with Crippen LogP contribution < -0.4 is 5.46 Å². The minimum absolute atomic E-state index is 0.904. The first-order chi connectivity index (χ1) is 4.88. The minimum Gasteiger partial charge on any atom is -0.0773 e. The summed E-state index contributed by atoms with van der Waals surface area (Å²) in [5.41, 5.74) is 3.03. The van der Waals surface area contributed by atoms with E-state index in [4.69, 9.17) is 0 Å². The van der Waals surface area contributed by atoms with Crippen LogP contribution in [-0.2, 0) is 0 Å². The van der Waals surface area contributed by atoms with Gasteiger partial charge in [0.15, 0.2) is 6.71 Å². The molecule has 0 amide bonds. The zero-order valence-corrected chi connectivity index (χ0v) is 6.30. The molecule has 0 N–H and O–H groups in total. The predicted molar refractivity (Wildman–Crippen MR) is 46.2 cm³/mol. The Morgan fingerprint density at radius 2 is 1.90 bits per heavy atom. The molecular weight excluding hydrogens is 119 g/mol. The van der Waals surface area contributed by atoms with Gasteiger partial charge in [0.05, 0.1) is 0 Å². The normalized spacial score (nSPS) is 15.5. The quantitative estimate of drug-likeness (QED) is 0.507. The summed E-state index contributed by atoms with van der Waals surface area (Å²) < 4.78 is 0. The second-order valence-electron chi connectivity index (χ2n) is 3.13. The average molecular weight is 130 g/mol. The van der Waals surface area contributed by atoms with E-state index in [1.54, 1.807) is 5.46 Å². The van der Waals surface area contributed by atoms with Crippen LogP contribution in [0.25, 0.3) is 0 Å². The van der Waals surface area contributed by atoms with Gasteiger partial charge >= 0.3 is 0 Å². The van der Waals surface area contributed by atoms with Crippen molar-refractivity contribution in [2.24, 2.45) is 0 Å². The number of rotatable bonds is 1. The first-order valence-corrected chi connectivity index (χ1v) is 3.93. The predicted octanol–water partition coefficient (Wildman–Crippen LogP) is 1.71. The Hall–Kier alpha value is -0.715.